The highest BCUT2D eigenvalue weighted by Crippen LogP contribution is 2.45. The number of methoxy groups -OCH3 is 1. The summed E-state index contributed by atoms with van der Waals surface area (Å²) in [6.45, 7) is -4.84. The zero-order valence-corrected chi connectivity index (χ0v) is 13.6. The van der Waals surface area contributed by atoms with E-state index >= 15 is 0 Å². The second-order valence-electron chi connectivity index (χ2n) is 4.68. The Morgan fingerprint density at radius 1 is 1.61 bits per heavy atom. The number of anilines is 1. The van der Waals surface area contributed by atoms with E-state index < -0.39 is 43.2 Å². The van der Waals surface area contributed by atoms with Crippen LogP contribution >= 0.6 is 6.72 Å². The third-order valence-corrected chi connectivity index (χ3v) is 4.04. The van der Waals surface area contributed by atoms with Gasteiger partial charge in [-0.1, -0.05) is 0 Å². The van der Waals surface area contributed by atoms with Gasteiger partial charge in [-0.15, -0.1) is 0 Å². The molecule has 2 heterocycles. The lowest BCUT2D eigenvalue weighted by molar-refractivity contribution is -0.305. The molecular formula is C10H16N3O8PS. The number of rotatable bonds is 5. The maximum atomic E-state index is 12.0. The Morgan fingerprint density at radius 3 is 2.74 bits per heavy atom. The quantitative estimate of drug-likeness (QED) is 0.346. The van der Waals surface area contributed by atoms with Crippen LogP contribution < -0.4 is 11.4 Å². The molecule has 1 aliphatic rings. The van der Waals surface area contributed by atoms with Crippen LogP contribution in [0.3, 0.4) is 0 Å². The average Bonchev–Trinajstić information content (AvgIpc) is 2.71. The van der Waals surface area contributed by atoms with Gasteiger partial charge in [0.2, 0.25) is 0 Å². The first-order valence-electron chi connectivity index (χ1n) is 6.26. The summed E-state index contributed by atoms with van der Waals surface area (Å²) in [5, 5.41) is 19.8. The lowest BCUT2D eigenvalue weighted by Crippen LogP contribution is -2.52. The van der Waals surface area contributed by atoms with Gasteiger partial charge in [0.25, 0.3) is 5.91 Å². The molecule has 2 rings (SSSR count). The largest absolute Gasteiger partial charge is 0.394 e. The number of nitrogens with zero attached hydrogens (tertiary/aromatic N) is 2. The van der Waals surface area contributed by atoms with Gasteiger partial charge in [-0.2, -0.15) is 4.98 Å². The Bertz CT molecular complexity index is 680. The Kier molecular flexibility index (Phi) is 5.21. The highest BCUT2D eigenvalue weighted by Gasteiger charge is 2.59. The van der Waals surface area contributed by atoms with Gasteiger partial charge in [-0.3, -0.25) is 4.52 Å². The Morgan fingerprint density at radius 2 is 2.26 bits per heavy atom. The van der Waals surface area contributed by atoms with Crippen molar-refractivity contribution in [2.24, 2.45) is 0 Å². The predicted molar refractivity (Wildman–Crippen MR) is 79.5 cm³/mol. The van der Waals surface area contributed by atoms with Gasteiger partial charge in [0.1, 0.15) is 18.0 Å². The van der Waals surface area contributed by atoms with E-state index in [0.29, 0.717) is 0 Å². The molecule has 1 fully saturated rings. The zero-order chi connectivity index (χ0) is 17.4. The van der Waals surface area contributed by atoms with Gasteiger partial charge in [0.05, 0.1) is 6.61 Å². The van der Waals surface area contributed by atoms with Crippen molar-refractivity contribution in [1.82, 2.24) is 9.55 Å². The van der Waals surface area contributed by atoms with E-state index in [1.165, 1.54) is 12.3 Å². The van der Waals surface area contributed by atoms with Gasteiger partial charge in [0.15, 0.2) is 6.10 Å². The monoisotopic (exact) mass is 369 g/mol. The SMILES string of the molecule is CO[C@@]1(n2ccc(N)nc2=O)O[C@H](CO)[C@@H](OP(O)(O)=S)[C@H]1O. The minimum absolute atomic E-state index is 0.0577. The number of nitrogens with two attached hydrogens (primary N) is 1. The molecule has 13 heteroatoms. The summed E-state index contributed by atoms with van der Waals surface area (Å²) >= 11 is 4.36. The molecule has 130 valence electrons. The maximum absolute atomic E-state index is 12.0. The van der Waals surface area contributed by atoms with Crippen molar-refractivity contribution in [3.8, 4) is 0 Å². The molecule has 0 radical (unpaired) electrons. The molecule has 0 unspecified atom stereocenters. The van der Waals surface area contributed by atoms with Gasteiger partial charge >= 0.3 is 12.4 Å². The number of aromatic nitrogens is 2. The van der Waals surface area contributed by atoms with Crippen LogP contribution in [-0.2, 0) is 31.7 Å². The number of ether oxygens (including phenoxy) is 2. The lowest BCUT2D eigenvalue weighted by atomic mass is 10.1. The van der Waals surface area contributed by atoms with E-state index in [1.807, 2.05) is 0 Å². The van der Waals surface area contributed by atoms with Crippen LogP contribution in [0.2, 0.25) is 0 Å². The summed E-state index contributed by atoms with van der Waals surface area (Å²) in [6.07, 6.45) is -3.25. The molecule has 11 nitrogen and oxygen atoms in total. The highest BCUT2D eigenvalue weighted by molar-refractivity contribution is 8.06. The molecule has 1 saturated heterocycles. The lowest BCUT2D eigenvalue weighted by Gasteiger charge is -2.31. The maximum Gasteiger partial charge on any atom is 0.353 e. The van der Waals surface area contributed by atoms with E-state index in [1.54, 1.807) is 0 Å². The van der Waals surface area contributed by atoms with Crippen molar-refractivity contribution < 1.29 is 34.0 Å². The topological polar surface area (TPSA) is 170 Å². The fourth-order valence-electron chi connectivity index (χ4n) is 2.31. The van der Waals surface area contributed by atoms with Gasteiger partial charge in [0, 0.05) is 13.3 Å². The number of aliphatic hydroxyl groups excluding tert-OH is 2. The molecular weight excluding hydrogens is 353 g/mol. The van der Waals surface area contributed by atoms with E-state index in [-0.39, 0.29) is 5.82 Å². The first kappa shape index (κ1) is 18.4. The third-order valence-electron chi connectivity index (χ3n) is 3.26. The summed E-state index contributed by atoms with van der Waals surface area (Å²) < 4.78 is 16.2. The Labute approximate surface area is 135 Å². The van der Waals surface area contributed by atoms with E-state index in [2.05, 4.69) is 16.8 Å². The van der Waals surface area contributed by atoms with Crippen molar-refractivity contribution in [2.45, 2.75) is 24.2 Å². The van der Waals surface area contributed by atoms with Crippen molar-refractivity contribution in [3.05, 3.63) is 22.7 Å². The van der Waals surface area contributed by atoms with Crippen LogP contribution in [0, 0.1) is 0 Å². The summed E-state index contributed by atoms with van der Waals surface area (Å²) in [5.41, 5.74) is 4.51. The smallest absolute Gasteiger partial charge is 0.353 e. The molecule has 0 bridgehead atoms. The van der Waals surface area contributed by atoms with Crippen molar-refractivity contribution >= 4 is 24.3 Å². The molecule has 0 aliphatic carbocycles. The predicted octanol–water partition coefficient (Wildman–Crippen LogP) is -2.57. The van der Waals surface area contributed by atoms with Crippen LogP contribution in [0.15, 0.2) is 17.1 Å². The third kappa shape index (κ3) is 3.45. The van der Waals surface area contributed by atoms with Crippen LogP contribution in [0.4, 0.5) is 5.82 Å². The van der Waals surface area contributed by atoms with Crippen LogP contribution in [0.1, 0.15) is 0 Å². The second-order valence-corrected chi connectivity index (χ2v) is 7.30. The Balaban J connectivity index is 2.50. The number of hydrogen-bond donors (Lipinski definition) is 5. The molecule has 23 heavy (non-hydrogen) atoms. The normalized spacial score (nSPS) is 31.4. The molecule has 0 amide bonds. The number of nitrogen functional groups attached to an aromatic ring is 1. The molecule has 1 aromatic heterocycles. The molecule has 4 atom stereocenters. The summed E-state index contributed by atoms with van der Waals surface area (Å²) in [7, 11) is 1.14. The molecule has 0 aromatic carbocycles. The van der Waals surface area contributed by atoms with Gasteiger partial charge in [-0.25, -0.2) is 9.36 Å². The molecule has 6 N–H and O–H groups in total. The second kappa shape index (κ2) is 6.51. The first-order valence-corrected chi connectivity index (χ1v) is 8.88. The summed E-state index contributed by atoms with van der Waals surface area (Å²) in [4.78, 5) is 34.1. The van der Waals surface area contributed by atoms with Crippen LogP contribution in [0.25, 0.3) is 0 Å². The average molecular weight is 369 g/mol. The van der Waals surface area contributed by atoms with Gasteiger partial charge in [-0.05, 0) is 17.9 Å². The Hall–Kier alpha value is -0.950. The number of hydrogen-bond acceptors (Lipinski definition) is 9. The fourth-order valence-corrected chi connectivity index (χ4v) is 3.18. The minimum atomic E-state index is -4.18. The summed E-state index contributed by atoms with van der Waals surface area (Å²) in [5.74, 6) is -2.17. The van der Waals surface area contributed by atoms with Crippen molar-refractivity contribution in [1.29, 1.82) is 0 Å². The summed E-state index contributed by atoms with van der Waals surface area (Å²) in [6, 6.07) is 1.27. The fraction of sp³-hybridized carbons (Fsp3) is 0.600. The van der Waals surface area contributed by atoms with Crippen LogP contribution in [0.5, 0.6) is 0 Å². The molecule has 1 aliphatic heterocycles. The van der Waals surface area contributed by atoms with E-state index in [4.69, 9.17) is 19.7 Å². The van der Waals surface area contributed by atoms with Crippen molar-refractivity contribution in [2.75, 3.05) is 19.5 Å². The van der Waals surface area contributed by atoms with Crippen molar-refractivity contribution in [3.63, 3.8) is 0 Å². The first-order chi connectivity index (χ1) is 10.6. The highest BCUT2D eigenvalue weighted by atomic mass is 32.5. The molecule has 0 spiro atoms. The standard InChI is InChI=1S/C10H16N3O8PS/c1-19-10(13-3-2-6(11)12-9(13)16)8(15)7(5(4-14)20-10)21-22(17,18)23/h2-3,5,7-8,14-15H,4H2,1H3,(H2,11,12,16)(H2,17,18,23)/t5-,7-,8-,10-/m1/s1. The van der Waals surface area contributed by atoms with E-state index in [0.717, 1.165) is 11.7 Å². The van der Waals surface area contributed by atoms with Crippen LogP contribution in [-0.4, -0.2) is 61.6 Å². The minimum Gasteiger partial charge on any atom is -0.394 e. The van der Waals surface area contributed by atoms with Gasteiger partial charge < -0.3 is 35.2 Å². The molecule has 0 saturated carbocycles. The molecule has 1 aromatic rings. The number of aliphatic hydroxyl groups is 2. The zero-order valence-electron chi connectivity index (χ0n) is 11.8. The van der Waals surface area contributed by atoms with E-state index in [9.17, 15) is 24.8 Å².